The number of nitrogens with one attached hydrogen (secondary N) is 1. The number of Topliss-reactive ketones (excluding diaryl/α,β-unsaturated/α-hetero) is 1. The molecule has 6 aliphatic rings. The summed E-state index contributed by atoms with van der Waals surface area (Å²) in [4.78, 5) is 39.5. The summed E-state index contributed by atoms with van der Waals surface area (Å²) in [6.45, 7) is 14.2. The van der Waals surface area contributed by atoms with Crippen molar-refractivity contribution < 1.29 is 41.2 Å². The van der Waals surface area contributed by atoms with Crippen LogP contribution in [0.5, 0.6) is 0 Å². The Morgan fingerprint density at radius 2 is 1.88 bits per heavy atom. The standard InChI is InChI=1S/C26H35NO5.ClH/c1-6-27-12-24(5)8-7-21(31-14(3)28)26-19(24)9-17(22(26)27)25-11-16(18(30)10-20(25)26)13(2)23(25)32-15(4)29;/h16-17,19-23H,2,6-12H2,1,3-5H3;1H/t16-,17?,19?,20?,21+,22?,23-,24+,25-,26+;/m1./s1. The highest BCUT2D eigenvalue weighted by Gasteiger charge is 2.88. The summed E-state index contributed by atoms with van der Waals surface area (Å²) in [5, 5.41) is 0. The van der Waals surface area contributed by atoms with Crippen LogP contribution in [0.3, 0.4) is 0 Å². The molecule has 11 atom stereocenters. The highest BCUT2D eigenvalue weighted by molar-refractivity contribution is 5.87. The molecule has 1 aliphatic heterocycles. The van der Waals surface area contributed by atoms with Gasteiger partial charge in [0.15, 0.2) is 0 Å². The molecule has 6 rings (SSSR count). The van der Waals surface area contributed by atoms with Crippen LogP contribution in [0.1, 0.15) is 59.8 Å². The van der Waals surface area contributed by atoms with E-state index in [1.807, 2.05) is 0 Å². The van der Waals surface area contributed by atoms with Gasteiger partial charge in [-0.1, -0.05) is 13.5 Å². The third kappa shape index (κ3) is 2.47. The fourth-order valence-corrected chi connectivity index (χ4v) is 10.7. The first-order valence-corrected chi connectivity index (χ1v) is 12.5. The largest absolute Gasteiger partial charge is 1.00 e. The highest BCUT2D eigenvalue weighted by atomic mass is 35.5. The number of quaternary nitrogens is 1. The van der Waals surface area contributed by atoms with Crippen LogP contribution in [0.4, 0.5) is 0 Å². The molecular formula is C26H36ClNO5. The van der Waals surface area contributed by atoms with Crippen LogP contribution in [-0.4, -0.2) is 49.1 Å². The normalized spacial score (nSPS) is 52.7. The Hall–Kier alpha value is -1.40. The Morgan fingerprint density at radius 3 is 2.52 bits per heavy atom. The number of hydrogen-bond donors (Lipinski definition) is 1. The molecule has 5 unspecified atom stereocenters. The maximum Gasteiger partial charge on any atom is 0.303 e. The van der Waals surface area contributed by atoms with E-state index < -0.39 is 6.10 Å². The monoisotopic (exact) mass is 477 g/mol. The first-order valence-electron chi connectivity index (χ1n) is 12.5. The lowest BCUT2D eigenvalue weighted by molar-refractivity contribution is -0.947. The van der Waals surface area contributed by atoms with Gasteiger partial charge < -0.3 is 26.8 Å². The highest BCUT2D eigenvalue weighted by Crippen LogP contribution is 2.81. The minimum Gasteiger partial charge on any atom is -1.00 e. The first-order chi connectivity index (χ1) is 15.1. The Kier molecular flexibility index (Phi) is 5.00. The number of likely N-dealkylation sites (tertiary alicyclic amines) is 1. The van der Waals surface area contributed by atoms with Crippen molar-refractivity contribution in [1.29, 1.82) is 0 Å². The van der Waals surface area contributed by atoms with E-state index in [0.29, 0.717) is 24.3 Å². The molecule has 0 aromatic rings. The summed E-state index contributed by atoms with van der Waals surface area (Å²) < 4.78 is 12.2. The Labute approximate surface area is 202 Å². The molecule has 7 bridgehead atoms. The molecule has 5 aliphatic carbocycles. The summed E-state index contributed by atoms with van der Waals surface area (Å²) in [5.74, 6) is 0.436. The summed E-state index contributed by atoms with van der Waals surface area (Å²) in [6.07, 6.45) is 3.74. The van der Waals surface area contributed by atoms with Gasteiger partial charge in [-0.05, 0) is 50.0 Å². The van der Waals surface area contributed by atoms with Crippen molar-refractivity contribution in [3.05, 3.63) is 12.2 Å². The summed E-state index contributed by atoms with van der Waals surface area (Å²) >= 11 is 0. The van der Waals surface area contributed by atoms with Crippen LogP contribution in [-0.2, 0) is 23.9 Å². The van der Waals surface area contributed by atoms with Gasteiger partial charge in [-0.3, -0.25) is 14.4 Å². The van der Waals surface area contributed by atoms with Gasteiger partial charge in [-0.25, -0.2) is 0 Å². The first kappa shape index (κ1) is 23.3. The molecule has 0 radical (unpaired) electrons. The topological polar surface area (TPSA) is 74.1 Å². The lowest BCUT2D eigenvalue weighted by atomic mass is 9.43. The maximum atomic E-state index is 13.4. The number of carbonyl (C=O) groups excluding carboxylic acids is 3. The van der Waals surface area contributed by atoms with Crippen molar-refractivity contribution >= 4 is 17.7 Å². The zero-order valence-corrected chi connectivity index (χ0v) is 20.9. The lowest BCUT2D eigenvalue weighted by Crippen LogP contribution is -3.20. The molecule has 1 heterocycles. The number of esters is 2. The number of piperidine rings is 1. The molecular weight excluding hydrogens is 442 g/mol. The number of ether oxygens (including phenoxy) is 2. The van der Waals surface area contributed by atoms with E-state index >= 15 is 0 Å². The van der Waals surface area contributed by atoms with Crippen LogP contribution in [0, 0.1) is 39.9 Å². The zero-order chi connectivity index (χ0) is 22.8. The Balaban J connectivity index is 0.00000228. The number of carbonyl (C=O) groups is 3. The predicted octanol–water partition coefficient (Wildman–Crippen LogP) is -1.27. The third-order valence-corrected chi connectivity index (χ3v) is 11.1. The molecule has 0 amide bonds. The maximum absolute atomic E-state index is 13.4. The van der Waals surface area contributed by atoms with E-state index in [0.717, 1.165) is 44.3 Å². The van der Waals surface area contributed by atoms with Gasteiger partial charge in [0.1, 0.15) is 24.0 Å². The van der Waals surface area contributed by atoms with E-state index in [1.165, 1.54) is 13.8 Å². The fourth-order valence-electron chi connectivity index (χ4n) is 10.7. The van der Waals surface area contributed by atoms with Gasteiger partial charge in [0.2, 0.25) is 0 Å². The molecule has 6 fully saturated rings. The van der Waals surface area contributed by atoms with Gasteiger partial charge in [0.25, 0.3) is 0 Å². The quantitative estimate of drug-likeness (QED) is 0.405. The molecule has 182 valence electrons. The summed E-state index contributed by atoms with van der Waals surface area (Å²) in [6, 6.07) is 0.343. The second-order valence-corrected chi connectivity index (χ2v) is 12.0. The Morgan fingerprint density at radius 1 is 1.18 bits per heavy atom. The predicted molar refractivity (Wildman–Crippen MR) is 115 cm³/mol. The summed E-state index contributed by atoms with van der Waals surface area (Å²) in [5.41, 5.74) is 0.550. The van der Waals surface area contributed by atoms with Crippen LogP contribution in [0.25, 0.3) is 0 Å². The van der Waals surface area contributed by atoms with E-state index in [4.69, 9.17) is 9.47 Å². The van der Waals surface area contributed by atoms with Crippen LogP contribution < -0.4 is 17.3 Å². The van der Waals surface area contributed by atoms with E-state index in [2.05, 4.69) is 20.4 Å². The number of halogens is 1. The van der Waals surface area contributed by atoms with Gasteiger partial charge in [-0.2, -0.15) is 0 Å². The molecule has 5 saturated carbocycles. The SMILES string of the molecule is C=C1[C@H]2C[C@]3(C4CC5[C@@]6(C)CC[C@H](OC(C)=O)[C@@]5(C4[NH+](CC)C6)C3CC2=O)[C@@H]1OC(C)=O.[Cl-]. The third-order valence-electron chi connectivity index (χ3n) is 11.1. The number of fused-ring (bicyclic) bond motifs is 1. The van der Waals surface area contributed by atoms with Crippen molar-refractivity contribution in [3.8, 4) is 0 Å². The average molecular weight is 478 g/mol. The van der Waals surface area contributed by atoms with Crippen molar-refractivity contribution in [1.82, 2.24) is 0 Å². The molecule has 2 spiro atoms. The van der Waals surface area contributed by atoms with Gasteiger partial charge in [0, 0.05) is 42.9 Å². The molecule has 6 nitrogen and oxygen atoms in total. The van der Waals surface area contributed by atoms with Gasteiger partial charge in [-0.15, -0.1) is 0 Å². The average Bonchev–Trinajstić information content (AvgIpc) is 3.24. The van der Waals surface area contributed by atoms with Gasteiger partial charge in [0.05, 0.1) is 18.5 Å². The summed E-state index contributed by atoms with van der Waals surface area (Å²) in [7, 11) is 0. The smallest absolute Gasteiger partial charge is 0.303 e. The minimum absolute atomic E-state index is 0. The fraction of sp³-hybridized carbons (Fsp3) is 0.808. The number of hydrogen-bond acceptors (Lipinski definition) is 5. The van der Waals surface area contributed by atoms with E-state index in [-0.39, 0.29) is 64.3 Å². The van der Waals surface area contributed by atoms with E-state index in [9.17, 15) is 14.4 Å². The zero-order valence-electron chi connectivity index (χ0n) is 20.1. The van der Waals surface area contributed by atoms with E-state index in [1.54, 1.807) is 4.90 Å². The molecule has 0 aromatic carbocycles. The van der Waals surface area contributed by atoms with Crippen molar-refractivity contribution in [3.63, 3.8) is 0 Å². The minimum atomic E-state index is -0.392. The van der Waals surface area contributed by atoms with Crippen molar-refractivity contribution in [2.24, 2.45) is 39.9 Å². The molecule has 1 saturated heterocycles. The molecule has 1 N–H and O–H groups in total. The molecule has 33 heavy (non-hydrogen) atoms. The second-order valence-electron chi connectivity index (χ2n) is 12.0. The lowest BCUT2D eigenvalue weighted by Gasteiger charge is -2.63. The van der Waals surface area contributed by atoms with Crippen LogP contribution >= 0.6 is 0 Å². The van der Waals surface area contributed by atoms with Crippen molar-refractivity contribution in [2.45, 2.75) is 78.0 Å². The number of ketones is 1. The molecule has 0 aromatic heterocycles. The van der Waals surface area contributed by atoms with Gasteiger partial charge >= 0.3 is 11.9 Å². The van der Waals surface area contributed by atoms with Crippen LogP contribution in [0.2, 0.25) is 0 Å². The molecule has 7 heteroatoms. The second kappa shape index (κ2) is 7.07. The van der Waals surface area contributed by atoms with Crippen LogP contribution in [0.15, 0.2) is 12.2 Å². The number of rotatable bonds is 3. The van der Waals surface area contributed by atoms with Crippen molar-refractivity contribution in [2.75, 3.05) is 13.1 Å². The Bertz CT molecular complexity index is 951.